The summed E-state index contributed by atoms with van der Waals surface area (Å²) in [6, 6.07) is 13.8. The third-order valence-electron chi connectivity index (χ3n) is 5.24. The second-order valence-electron chi connectivity index (χ2n) is 7.20. The Labute approximate surface area is 162 Å². The number of para-hydroxylation sites is 1. The van der Waals surface area contributed by atoms with Gasteiger partial charge in [0.25, 0.3) is 5.91 Å². The summed E-state index contributed by atoms with van der Waals surface area (Å²) >= 11 is 0. The van der Waals surface area contributed by atoms with E-state index in [2.05, 4.69) is 9.88 Å². The fourth-order valence-electron chi connectivity index (χ4n) is 3.69. The Hall–Kier alpha value is -2.99. The smallest absolute Gasteiger partial charge is 0.270 e. The summed E-state index contributed by atoms with van der Waals surface area (Å²) < 4.78 is 13.0. The lowest BCUT2D eigenvalue weighted by Crippen LogP contribution is -2.48. The summed E-state index contributed by atoms with van der Waals surface area (Å²) in [6.07, 6.45) is 0. The molecule has 144 valence electrons. The standard InChI is InChI=1S/C22H22FN3O2/c1-15(27)19-4-2-3-17-13-20(24-21(17)19)22(28)26-11-9-25(10-12-26)14-16-5-7-18(23)8-6-16/h2-8,13,24H,9-12,14H2,1H3. The number of fused-ring (bicyclic) bond motifs is 1. The lowest BCUT2D eigenvalue weighted by atomic mass is 10.1. The average molecular weight is 379 g/mol. The van der Waals surface area contributed by atoms with Crippen molar-refractivity contribution in [3.05, 3.63) is 71.2 Å². The summed E-state index contributed by atoms with van der Waals surface area (Å²) in [5, 5.41) is 0.867. The molecule has 28 heavy (non-hydrogen) atoms. The van der Waals surface area contributed by atoms with Gasteiger partial charge >= 0.3 is 0 Å². The molecular formula is C22H22FN3O2. The number of ketones is 1. The van der Waals surface area contributed by atoms with E-state index in [1.807, 2.05) is 23.1 Å². The molecule has 1 fully saturated rings. The number of benzene rings is 2. The van der Waals surface area contributed by atoms with Gasteiger partial charge in [0.1, 0.15) is 11.5 Å². The molecule has 1 N–H and O–H groups in total. The number of nitrogens with zero attached hydrogens (tertiary/aromatic N) is 2. The lowest BCUT2D eigenvalue weighted by molar-refractivity contribution is 0.0623. The van der Waals surface area contributed by atoms with E-state index in [0.717, 1.165) is 30.6 Å². The number of H-pyrrole nitrogens is 1. The molecule has 2 aromatic carbocycles. The number of aromatic amines is 1. The quantitative estimate of drug-likeness (QED) is 0.707. The van der Waals surface area contributed by atoms with Crippen LogP contribution in [0.15, 0.2) is 48.5 Å². The zero-order chi connectivity index (χ0) is 19.7. The molecule has 0 saturated carbocycles. The van der Waals surface area contributed by atoms with Crippen molar-refractivity contribution in [1.82, 2.24) is 14.8 Å². The Balaban J connectivity index is 1.42. The number of nitrogens with one attached hydrogen (secondary N) is 1. The molecule has 0 unspecified atom stereocenters. The van der Waals surface area contributed by atoms with Crippen LogP contribution in [0.3, 0.4) is 0 Å². The van der Waals surface area contributed by atoms with Crippen LogP contribution < -0.4 is 0 Å². The highest BCUT2D eigenvalue weighted by atomic mass is 19.1. The first kappa shape index (κ1) is 18.4. The highest BCUT2D eigenvalue weighted by molar-refractivity contribution is 6.08. The predicted octanol–water partition coefficient (Wildman–Crippen LogP) is 3.47. The number of aromatic nitrogens is 1. The van der Waals surface area contributed by atoms with E-state index in [4.69, 9.17) is 0 Å². The van der Waals surface area contributed by atoms with Crippen molar-refractivity contribution in [2.75, 3.05) is 26.2 Å². The maximum Gasteiger partial charge on any atom is 0.270 e. The van der Waals surface area contributed by atoms with E-state index >= 15 is 0 Å². The third kappa shape index (κ3) is 3.68. The fraction of sp³-hybridized carbons (Fsp3) is 0.273. The van der Waals surface area contributed by atoms with Gasteiger partial charge in [0.2, 0.25) is 0 Å². The fourth-order valence-corrected chi connectivity index (χ4v) is 3.69. The van der Waals surface area contributed by atoms with Crippen LogP contribution >= 0.6 is 0 Å². The Morgan fingerprint density at radius 2 is 1.75 bits per heavy atom. The van der Waals surface area contributed by atoms with Crippen LogP contribution in [0.1, 0.15) is 33.3 Å². The molecule has 6 heteroatoms. The van der Waals surface area contributed by atoms with Gasteiger partial charge < -0.3 is 9.88 Å². The number of rotatable bonds is 4. The topological polar surface area (TPSA) is 56.4 Å². The SMILES string of the molecule is CC(=O)c1cccc2cc(C(=O)N3CCN(Cc4ccc(F)cc4)CC3)[nH]c12. The molecule has 0 spiro atoms. The van der Waals surface area contributed by atoms with Gasteiger partial charge in [0.15, 0.2) is 5.78 Å². The van der Waals surface area contributed by atoms with Gasteiger partial charge in [0, 0.05) is 43.7 Å². The number of Topliss-reactive ketones (excluding diaryl/α,β-unsaturated/α-hetero) is 1. The number of carbonyl (C=O) groups excluding carboxylic acids is 2. The van der Waals surface area contributed by atoms with Crippen molar-refractivity contribution in [2.45, 2.75) is 13.5 Å². The molecule has 2 heterocycles. The van der Waals surface area contributed by atoms with Gasteiger partial charge in [-0.25, -0.2) is 4.39 Å². The first-order chi connectivity index (χ1) is 13.5. The maximum absolute atomic E-state index is 13.0. The highest BCUT2D eigenvalue weighted by Gasteiger charge is 2.24. The molecule has 1 saturated heterocycles. The number of amides is 1. The van der Waals surface area contributed by atoms with Crippen LogP contribution in [0.4, 0.5) is 4.39 Å². The maximum atomic E-state index is 13.0. The molecule has 3 aromatic rings. The van der Waals surface area contributed by atoms with Gasteiger partial charge in [-0.15, -0.1) is 0 Å². The molecule has 4 rings (SSSR count). The van der Waals surface area contributed by atoms with Gasteiger partial charge in [-0.3, -0.25) is 14.5 Å². The summed E-state index contributed by atoms with van der Waals surface area (Å²) in [5.41, 5.74) is 2.89. The van der Waals surface area contributed by atoms with Crippen molar-refractivity contribution in [1.29, 1.82) is 0 Å². The number of hydrogen-bond donors (Lipinski definition) is 1. The van der Waals surface area contributed by atoms with Crippen molar-refractivity contribution < 1.29 is 14.0 Å². The number of piperazine rings is 1. The Bertz CT molecular complexity index is 1020. The number of carbonyl (C=O) groups is 2. The van der Waals surface area contributed by atoms with E-state index in [0.29, 0.717) is 29.9 Å². The normalized spacial score (nSPS) is 15.1. The minimum atomic E-state index is -0.231. The third-order valence-corrected chi connectivity index (χ3v) is 5.24. The molecule has 1 amide bonds. The van der Waals surface area contributed by atoms with Crippen molar-refractivity contribution in [3.8, 4) is 0 Å². The van der Waals surface area contributed by atoms with E-state index < -0.39 is 0 Å². The van der Waals surface area contributed by atoms with Crippen LogP contribution in [0, 0.1) is 5.82 Å². The molecule has 0 atom stereocenters. The first-order valence-corrected chi connectivity index (χ1v) is 9.40. The summed E-state index contributed by atoms with van der Waals surface area (Å²) in [5.74, 6) is -0.307. The minimum Gasteiger partial charge on any atom is -0.350 e. The summed E-state index contributed by atoms with van der Waals surface area (Å²) in [7, 11) is 0. The van der Waals surface area contributed by atoms with E-state index in [9.17, 15) is 14.0 Å². The molecule has 0 bridgehead atoms. The summed E-state index contributed by atoms with van der Waals surface area (Å²) in [4.78, 5) is 31.9. The Morgan fingerprint density at radius 1 is 1.04 bits per heavy atom. The molecular weight excluding hydrogens is 357 g/mol. The predicted molar refractivity (Wildman–Crippen MR) is 106 cm³/mol. The molecule has 1 aliphatic heterocycles. The van der Waals surface area contributed by atoms with Gasteiger partial charge in [-0.05, 0) is 36.8 Å². The monoisotopic (exact) mass is 379 g/mol. The van der Waals surface area contributed by atoms with E-state index in [1.54, 1.807) is 18.2 Å². The Kier molecular flexibility index (Phi) is 4.96. The Morgan fingerprint density at radius 3 is 2.43 bits per heavy atom. The average Bonchev–Trinajstić information content (AvgIpc) is 3.14. The largest absolute Gasteiger partial charge is 0.350 e. The molecule has 1 aromatic heterocycles. The zero-order valence-electron chi connectivity index (χ0n) is 15.7. The highest BCUT2D eigenvalue weighted by Crippen LogP contribution is 2.21. The second kappa shape index (κ2) is 7.56. The van der Waals surface area contributed by atoms with Crippen LogP contribution in [0.2, 0.25) is 0 Å². The van der Waals surface area contributed by atoms with Crippen molar-refractivity contribution in [2.24, 2.45) is 0 Å². The van der Waals surface area contributed by atoms with Gasteiger partial charge in [-0.2, -0.15) is 0 Å². The molecule has 0 aliphatic carbocycles. The number of halogens is 1. The zero-order valence-corrected chi connectivity index (χ0v) is 15.7. The van der Waals surface area contributed by atoms with Crippen LogP contribution in [-0.2, 0) is 6.54 Å². The van der Waals surface area contributed by atoms with Crippen LogP contribution in [0.25, 0.3) is 10.9 Å². The van der Waals surface area contributed by atoms with Crippen molar-refractivity contribution >= 4 is 22.6 Å². The minimum absolute atomic E-state index is 0.0270. The number of hydrogen-bond acceptors (Lipinski definition) is 3. The van der Waals surface area contributed by atoms with E-state index in [-0.39, 0.29) is 17.5 Å². The van der Waals surface area contributed by atoms with Crippen LogP contribution in [0.5, 0.6) is 0 Å². The van der Waals surface area contributed by atoms with Gasteiger partial charge in [0.05, 0.1) is 5.52 Å². The second-order valence-corrected chi connectivity index (χ2v) is 7.20. The molecule has 5 nitrogen and oxygen atoms in total. The summed E-state index contributed by atoms with van der Waals surface area (Å²) in [6.45, 7) is 5.07. The van der Waals surface area contributed by atoms with E-state index in [1.165, 1.54) is 19.1 Å². The van der Waals surface area contributed by atoms with Crippen molar-refractivity contribution in [3.63, 3.8) is 0 Å². The molecule has 1 aliphatic rings. The lowest BCUT2D eigenvalue weighted by Gasteiger charge is -2.34. The van der Waals surface area contributed by atoms with Crippen LogP contribution in [-0.4, -0.2) is 52.7 Å². The first-order valence-electron chi connectivity index (χ1n) is 9.40. The molecule has 0 radical (unpaired) electrons. The van der Waals surface area contributed by atoms with Gasteiger partial charge in [-0.1, -0.05) is 24.3 Å².